The average Bonchev–Trinajstić information content (AvgIpc) is 3.53. The number of halogens is 4. The van der Waals surface area contributed by atoms with Gasteiger partial charge in [-0.3, -0.25) is 0 Å². The average molecular weight is 507 g/mol. The summed E-state index contributed by atoms with van der Waals surface area (Å²) in [4.78, 5) is 9.96. The summed E-state index contributed by atoms with van der Waals surface area (Å²) in [5, 5.41) is 9.60. The summed E-state index contributed by atoms with van der Waals surface area (Å²) in [7, 11) is 0. The van der Waals surface area contributed by atoms with Crippen molar-refractivity contribution in [2.75, 3.05) is 0 Å². The second kappa shape index (κ2) is 9.50. The van der Waals surface area contributed by atoms with Crippen LogP contribution in [0.25, 0.3) is 22.3 Å². The molecule has 1 atom stereocenters. The summed E-state index contributed by atoms with van der Waals surface area (Å²) in [5.74, 6) is -4.04. The maximum atomic E-state index is 15.0. The summed E-state index contributed by atoms with van der Waals surface area (Å²) in [5.41, 5.74) is 1.45. The third-order valence-electron chi connectivity index (χ3n) is 6.15. The predicted molar refractivity (Wildman–Crippen MR) is 132 cm³/mol. The van der Waals surface area contributed by atoms with Crippen molar-refractivity contribution in [1.29, 1.82) is 0 Å². The number of fused-ring (bicyclic) bond motifs is 1. The lowest BCUT2D eigenvalue weighted by atomic mass is 9.94. The first kappa shape index (κ1) is 24.2. The zero-order chi connectivity index (χ0) is 26.3. The Morgan fingerprint density at radius 2 is 1.86 bits per heavy atom. The molecule has 0 aliphatic heterocycles. The standard InChI is InChI=1S/C28H21F4N3O2/c1-14(36)10-16-4-3-5-18(25(16)31)15(2)24-13-34-28(35-24)20-11-17(6-7-21(20)29)37-27-22(30)12-23-19(26(27)32)8-9-33-23/h3-9,11-13,15,33,36H,1,10H2,2H3,(H,34,35). The fraction of sp³-hybridized carbons (Fsp3) is 0.107. The summed E-state index contributed by atoms with van der Waals surface area (Å²) >= 11 is 0. The van der Waals surface area contributed by atoms with Gasteiger partial charge in [0.1, 0.15) is 23.2 Å². The third kappa shape index (κ3) is 4.55. The van der Waals surface area contributed by atoms with Crippen molar-refractivity contribution < 1.29 is 27.4 Å². The van der Waals surface area contributed by atoms with Crippen molar-refractivity contribution in [1.82, 2.24) is 15.0 Å². The number of benzene rings is 3. The molecule has 0 fully saturated rings. The minimum absolute atomic E-state index is 0.00179. The van der Waals surface area contributed by atoms with E-state index in [0.29, 0.717) is 16.8 Å². The Labute approximate surface area is 209 Å². The fourth-order valence-electron chi connectivity index (χ4n) is 4.22. The van der Waals surface area contributed by atoms with Crippen molar-refractivity contribution >= 4 is 10.9 Å². The molecule has 9 heteroatoms. The molecule has 0 saturated heterocycles. The summed E-state index contributed by atoms with van der Waals surface area (Å²) < 4.78 is 64.6. The van der Waals surface area contributed by atoms with Gasteiger partial charge in [-0.15, -0.1) is 0 Å². The van der Waals surface area contributed by atoms with Gasteiger partial charge in [0.25, 0.3) is 0 Å². The number of aromatic nitrogens is 3. The number of aromatic amines is 2. The number of hydrogen-bond acceptors (Lipinski definition) is 3. The molecule has 5 nitrogen and oxygen atoms in total. The van der Waals surface area contributed by atoms with Gasteiger partial charge >= 0.3 is 0 Å². The van der Waals surface area contributed by atoms with E-state index in [9.17, 15) is 18.3 Å². The van der Waals surface area contributed by atoms with Crippen molar-refractivity contribution in [3.8, 4) is 22.9 Å². The summed E-state index contributed by atoms with van der Waals surface area (Å²) in [6.45, 7) is 5.16. The van der Waals surface area contributed by atoms with E-state index in [4.69, 9.17) is 4.74 Å². The Kier molecular flexibility index (Phi) is 6.20. The monoisotopic (exact) mass is 507 g/mol. The predicted octanol–water partition coefficient (Wildman–Crippen LogP) is 7.67. The number of allylic oxidation sites excluding steroid dienone is 1. The van der Waals surface area contributed by atoms with Crippen LogP contribution in [0.5, 0.6) is 11.5 Å². The van der Waals surface area contributed by atoms with Gasteiger partial charge in [0.15, 0.2) is 17.4 Å². The minimum Gasteiger partial charge on any atom is -0.513 e. The number of rotatable bonds is 7. The van der Waals surface area contributed by atoms with Crippen LogP contribution >= 0.6 is 0 Å². The van der Waals surface area contributed by atoms with Crippen LogP contribution in [0.3, 0.4) is 0 Å². The molecule has 0 aliphatic carbocycles. The molecule has 2 heterocycles. The van der Waals surface area contributed by atoms with E-state index < -0.39 is 34.9 Å². The van der Waals surface area contributed by atoms with Crippen LogP contribution in [0.15, 0.2) is 73.3 Å². The molecule has 0 spiro atoms. The number of nitrogens with zero attached hydrogens (tertiary/aromatic N) is 1. The van der Waals surface area contributed by atoms with E-state index in [-0.39, 0.29) is 40.2 Å². The molecule has 0 radical (unpaired) electrons. The largest absolute Gasteiger partial charge is 0.513 e. The lowest BCUT2D eigenvalue weighted by Crippen LogP contribution is -2.04. The normalized spacial score (nSPS) is 12.1. The Morgan fingerprint density at radius 3 is 2.65 bits per heavy atom. The second-order valence-electron chi connectivity index (χ2n) is 8.66. The lowest BCUT2D eigenvalue weighted by molar-refractivity contribution is 0.398. The Bertz CT molecular complexity index is 1640. The van der Waals surface area contributed by atoms with Crippen molar-refractivity contribution in [2.24, 2.45) is 0 Å². The molecule has 1 unspecified atom stereocenters. The third-order valence-corrected chi connectivity index (χ3v) is 6.15. The van der Waals surface area contributed by atoms with Crippen LogP contribution in [0.2, 0.25) is 0 Å². The van der Waals surface area contributed by atoms with E-state index >= 15 is 4.39 Å². The Morgan fingerprint density at radius 1 is 1.05 bits per heavy atom. The number of imidazole rings is 1. The van der Waals surface area contributed by atoms with Gasteiger partial charge in [-0.05, 0) is 35.4 Å². The number of hydrogen-bond donors (Lipinski definition) is 3. The van der Waals surface area contributed by atoms with Crippen LogP contribution < -0.4 is 4.74 Å². The van der Waals surface area contributed by atoms with E-state index in [1.165, 1.54) is 30.6 Å². The summed E-state index contributed by atoms with van der Waals surface area (Å²) in [6, 6.07) is 11.0. The molecular formula is C28H21F4N3O2. The highest BCUT2D eigenvalue weighted by Crippen LogP contribution is 2.35. The molecule has 37 heavy (non-hydrogen) atoms. The highest BCUT2D eigenvalue weighted by Gasteiger charge is 2.21. The van der Waals surface area contributed by atoms with Gasteiger partial charge in [-0.25, -0.2) is 22.5 Å². The molecule has 0 bridgehead atoms. The number of aliphatic hydroxyl groups is 1. The van der Waals surface area contributed by atoms with Crippen LogP contribution in [0, 0.1) is 23.3 Å². The molecule has 0 saturated carbocycles. The van der Waals surface area contributed by atoms with E-state index in [1.54, 1.807) is 25.1 Å². The number of nitrogens with one attached hydrogen (secondary N) is 2. The second-order valence-corrected chi connectivity index (χ2v) is 8.66. The Hall–Kier alpha value is -4.53. The van der Waals surface area contributed by atoms with Crippen LogP contribution in [0.1, 0.15) is 29.7 Å². The van der Waals surface area contributed by atoms with Gasteiger partial charge in [0.2, 0.25) is 0 Å². The Balaban J connectivity index is 1.45. The molecule has 3 N–H and O–H groups in total. The van der Waals surface area contributed by atoms with E-state index in [2.05, 4.69) is 21.5 Å². The van der Waals surface area contributed by atoms with Crippen LogP contribution in [-0.4, -0.2) is 20.1 Å². The first-order valence-corrected chi connectivity index (χ1v) is 11.3. The van der Waals surface area contributed by atoms with Crippen LogP contribution in [0.4, 0.5) is 17.6 Å². The van der Waals surface area contributed by atoms with Gasteiger partial charge in [-0.2, -0.15) is 0 Å². The molecular weight excluding hydrogens is 486 g/mol. The molecule has 0 amide bonds. The molecule has 3 aromatic carbocycles. The minimum atomic E-state index is -0.915. The van der Waals surface area contributed by atoms with Gasteiger partial charge < -0.3 is 19.8 Å². The highest BCUT2D eigenvalue weighted by molar-refractivity contribution is 5.82. The first-order chi connectivity index (χ1) is 17.7. The SMILES string of the molecule is C=C(O)Cc1cccc(C(C)c2cnc(-c3cc(Oc4c(F)cc5[nH]ccc5c4F)ccc3F)[nH]2)c1F. The molecule has 0 aliphatic rings. The lowest BCUT2D eigenvalue weighted by Gasteiger charge is -2.14. The molecule has 5 rings (SSSR count). The van der Waals surface area contributed by atoms with Gasteiger partial charge in [-0.1, -0.05) is 31.7 Å². The first-order valence-electron chi connectivity index (χ1n) is 11.3. The smallest absolute Gasteiger partial charge is 0.199 e. The number of H-pyrrole nitrogens is 2. The van der Waals surface area contributed by atoms with Crippen LogP contribution in [-0.2, 0) is 6.42 Å². The maximum absolute atomic E-state index is 15.0. The van der Waals surface area contributed by atoms with E-state index in [1.807, 2.05) is 0 Å². The van der Waals surface area contributed by atoms with E-state index in [0.717, 1.165) is 12.1 Å². The fourth-order valence-corrected chi connectivity index (χ4v) is 4.22. The zero-order valence-corrected chi connectivity index (χ0v) is 19.6. The van der Waals surface area contributed by atoms with Crippen molar-refractivity contribution in [3.05, 3.63) is 113 Å². The van der Waals surface area contributed by atoms with Gasteiger partial charge in [0.05, 0.1) is 16.8 Å². The van der Waals surface area contributed by atoms with Crippen molar-refractivity contribution in [2.45, 2.75) is 19.3 Å². The maximum Gasteiger partial charge on any atom is 0.199 e. The van der Waals surface area contributed by atoms with Crippen molar-refractivity contribution in [3.63, 3.8) is 0 Å². The molecule has 188 valence electrons. The summed E-state index contributed by atoms with van der Waals surface area (Å²) in [6.07, 6.45) is 2.92. The number of ether oxygens (including phenoxy) is 1. The number of aliphatic hydroxyl groups excluding tert-OH is 1. The quantitative estimate of drug-likeness (QED) is 0.156. The highest BCUT2D eigenvalue weighted by atomic mass is 19.1. The molecule has 2 aromatic heterocycles. The molecule has 5 aromatic rings. The van der Waals surface area contributed by atoms with Gasteiger partial charge in [0, 0.05) is 41.9 Å². The topological polar surface area (TPSA) is 73.9 Å². The zero-order valence-electron chi connectivity index (χ0n) is 19.6.